The Morgan fingerprint density at radius 3 is 2.35 bits per heavy atom. The van der Waals surface area contributed by atoms with E-state index < -0.39 is 0 Å². The van der Waals surface area contributed by atoms with Crippen molar-refractivity contribution in [3.63, 3.8) is 0 Å². The maximum Gasteiger partial charge on any atom is 0.263 e. The van der Waals surface area contributed by atoms with E-state index in [1.807, 2.05) is 85.8 Å². The highest BCUT2D eigenvalue weighted by Gasteiger charge is 2.25. The van der Waals surface area contributed by atoms with Gasteiger partial charge in [0, 0.05) is 25.1 Å². The van der Waals surface area contributed by atoms with Crippen molar-refractivity contribution in [2.45, 2.75) is 13.5 Å². The molecule has 34 heavy (non-hydrogen) atoms. The predicted octanol–water partition coefficient (Wildman–Crippen LogP) is 4.98. The van der Waals surface area contributed by atoms with Crippen LogP contribution in [-0.4, -0.2) is 32.7 Å². The number of carbonyl (C=O) groups excluding carboxylic acids is 1. The van der Waals surface area contributed by atoms with Crippen LogP contribution >= 0.6 is 0 Å². The number of hydrogen-bond donors (Lipinski definition) is 0. The highest BCUT2D eigenvalue weighted by atomic mass is 16.5. The molecule has 0 fully saturated rings. The van der Waals surface area contributed by atoms with Crippen LogP contribution in [0.4, 0.5) is 5.69 Å². The maximum absolute atomic E-state index is 13.6. The molecule has 7 nitrogen and oxygen atoms in total. The first-order valence-electron chi connectivity index (χ1n) is 10.9. The Morgan fingerprint density at radius 1 is 0.941 bits per heavy atom. The molecule has 0 saturated heterocycles. The number of benzene rings is 2. The molecule has 0 atom stereocenters. The number of hydrogen-bond acceptors (Lipinski definition) is 5. The van der Waals surface area contributed by atoms with Crippen molar-refractivity contribution in [1.82, 2.24) is 19.7 Å². The van der Waals surface area contributed by atoms with Gasteiger partial charge in [0.2, 0.25) is 0 Å². The smallest absolute Gasteiger partial charge is 0.263 e. The first-order chi connectivity index (χ1) is 16.6. The Labute approximate surface area is 197 Å². The minimum absolute atomic E-state index is 0.214. The minimum atomic E-state index is -0.214. The second-order valence-corrected chi connectivity index (χ2v) is 7.86. The lowest BCUT2D eigenvalue weighted by molar-refractivity contribution is 0.0988. The first kappa shape index (κ1) is 21.3. The third-order valence-electron chi connectivity index (χ3n) is 5.59. The molecule has 3 heterocycles. The molecule has 0 bridgehead atoms. The Kier molecular flexibility index (Phi) is 5.74. The van der Waals surface area contributed by atoms with Gasteiger partial charge >= 0.3 is 0 Å². The van der Waals surface area contributed by atoms with E-state index in [1.54, 1.807) is 29.0 Å². The van der Waals surface area contributed by atoms with E-state index in [-0.39, 0.29) is 5.91 Å². The molecule has 7 heteroatoms. The molecule has 0 aliphatic carbocycles. The Morgan fingerprint density at radius 2 is 1.65 bits per heavy atom. The molecule has 5 rings (SSSR count). The Balaban J connectivity index is 1.64. The van der Waals surface area contributed by atoms with E-state index in [4.69, 9.17) is 4.74 Å². The third kappa shape index (κ3) is 3.99. The van der Waals surface area contributed by atoms with Gasteiger partial charge in [-0.2, -0.15) is 9.78 Å². The van der Waals surface area contributed by atoms with Gasteiger partial charge in [0.05, 0.1) is 11.1 Å². The van der Waals surface area contributed by atoms with Gasteiger partial charge in [-0.1, -0.05) is 54.6 Å². The number of aryl methyl sites for hydroxylation is 1. The second-order valence-electron chi connectivity index (χ2n) is 7.86. The summed E-state index contributed by atoms with van der Waals surface area (Å²) >= 11 is 0. The van der Waals surface area contributed by atoms with Gasteiger partial charge in [-0.15, -0.1) is 0 Å². The van der Waals surface area contributed by atoms with Gasteiger partial charge in [-0.05, 0) is 36.8 Å². The van der Waals surface area contributed by atoms with Crippen molar-refractivity contribution >= 4 is 22.6 Å². The van der Waals surface area contributed by atoms with Gasteiger partial charge in [-0.3, -0.25) is 4.79 Å². The topological polar surface area (TPSA) is 73.1 Å². The quantitative estimate of drug-likeness (QED) is 0.366. The normalized spacial score (nSPS) is 10.9. The largest absolute Gasteiger partial charge is 0.487 e. The summed E-state index contributed by atoms with van der Waals surface area (Å²) in [6, 6.07) is 24.9. The summed E-state index contributed by atoms with van der Waals surface area (Å²) in [7, 11) is 1.74. The lowest BCUT2D eigenvalue weighted by atomic mass is 10.1. The summed E-state index contributed by atoms with van der Waals surface area (Å²) in [5.74, 6) is 0.887. The van der Waals surface area contributed by atoms with Crippen LogP contribution in [0.25, 0.3) is 16.9 Å². The second kappa shape index (κ2) is 9.15. The van der Waals surface area contributed by atoms with Crippen molar-refractivity contribution in [1.29, 1.82) is 0 Å². The molecule has 0 unspecified atom stereocenters. The van der Waals surface area contributed by atoms with Crippen LogP contribution in [0.3, 0.4) is 0 Å². The van der Waals surface area contributed by atoms with E-state index in [0.717, 1.165) is 11.3 Å². The standard InChI is InChI=1S/C27H23N5O2/c1-19-24-25(34-18-20-11-5-3-6-12-20)22(27(33)31(2)21-13-7-4-8-14-21)17-29-26(24)32(30-19)23-15-9-10-16-28-23/h3-17H,18H2,1-2H3. The average Bonchev–Trinajstić information content (AvgIpc) is 3.24. The van der Waals surface area contributed by atoms with Crippen LogP contribution in [0.15, 0.2) is 91.3 Å². The van der Waals surface area contributed by atoms with Crippen molar-refractivity contribution in [2.24, 2.45) is 0 Å². The fourth-order valence-corrected chi connectivity index (χ4v) is 3.84. The number of nitrogens with zero attached hydrogens (tertiary/aromatic N) is 5. The molecule has 1 amide bonds. The zero-order valence-electron chi connectivity index (χ0n) is 18.9. The van der Waals surface area contributed by atoms with Crippen molar-refractivity contribution in [3.05, 3.63) is 108 Å². The van der Waals surface area contributed by atoms with Gasteiger partial charge in [0.15, 0.2) is 11.5 Å². The van der Waals surface area contributed by atoms with Crippen LogP contribution in [0.1, 0.15) is 21.6 Å². The van der Waals surface area contributed by atoms with Crippen LogP contribution < -0.4 is 9.64 Å². The fraction of sp³-hybridized carbons (Fsp3) is 0.111. The SMILES string of the molecule is Cc1nn(-c2ccccn2)c2ncc(C(=O)N(C)c3ccccc3)c(OCc3ccccc3)c12. The highest BCUT2D eigenvalue weighted by Crippen LogP contribution is 2.34. The lowest BCUT2D eigenvalue weighted by Gasteiger charge is -2.19. The van der Waals surface area contributed by atoms with Crippen LogP contribution in [0, 0.1) is 6.92 Å². The Hall–Kier alpha value is -4.52. The molecule has 5 aromatic rings. The molecule has 0 saturated carbocycles. The molecule has 3 aromatic heterocycles. The number of ether oxygens (including phenoxy) is 1. The fourth-order valence-electron chi connectivity index (χ4n) is 3.84. The van der Waals surface area contributed by atoms with Gasteiger partial charge in [-0.25, -0.2) is 9.97 Å². The predicted molar refractivity (Wildman–Crippen MR) is 131 cm³/mol. The summed E-state index contributed by atoms with van der Waals surface area (Å²) < 4.78 is 7.99. The Bertz CT molecular complexity index is 1430. The summed E-state index contributed by atoms with van der Waals surface area (Å²) in [4.78, 5) is 24.2. The van der Waals surface area contributed by atoms with E-state index >= 15 is 0 Å². The number of pyridine rings is 2. The number of anilines is 1. The molecular formula is C27H23N5O2. The summed E-state index contributed by atoms with van der Waals surface area (Å²) in [6.45, 7) is 2.19. The summed E-state index contributed by atoms with van der Waals surface area (Å²) in [5, 5.41) is 5.35. The molecular weight excluding hydrogens is 426 g/mol. The zero-order chi connectivity index (χ0) is 23.5. The summed E-state index contributed by atoms with van der Waals surface area (Å²) in [5.41, 5.74) is 3.43. The number of carbonyl (C=O) groups is 1. The van der Waals surface area contributed by atoms with E-state index in [1.165, 1.54) is 0 Å². The number of amides is 1. The molecule has 0 aliphatic heterocycles. The van der Waals surface area contributed by atoms with E-state index in [2.05, 4.69) is 15.1 Å². The number of aromatic nitrogens is 4. The molecule has 0 radical (unpaired) electrons. The molecule has 168 valence electrons. The molecule has 2 aromatic carbocycles. The van der Waals surface area contributed by atoms with E-state index in [9.17, 15) is 4.79 Å². The number of rotatable bonds is 6. The number of para-hydroxylation sites is 1. The van der Waals surface area contributed by atoms with Gasteiger partial charge < -0.3 is 9.64 Å². The molecule has 0 aliphatic rings. The molecule has 0 spiro atoms. The minimum Gasteiger partial charge on any atom is -0.487 e. The van der Waals surface area contributed by atoms with Gasteiger partial charge in [0.1, 0.15) is 17.9 Å². The van der Waals surface area contributed by atoms with E-state index in [0.29, 0.717) is 40.5 Å². The monoisotopic (exact) mass is 449 g/mol. The number of fused-ring (bicyclic) bond motifs is 1. The van der Waals surface area contributed by atoms with Gasteiger partial charge in [0.25, 0.3) is 5.91 Å². The van der Waals surface area contributed by atoms with Crippen LogP contribution in [0.2, 0.25) is 0 Å². The first-order valence-corrected chi connectivity index (χ1v) is 10.9. The third-order valence-corrected chi connectivity index (χ3v) is 5.59. The highest BCUT2D eigenvalue weighted by molar-refractivity contribution is 6.10. The van der Waals surface area contributed by atoms with Crippen molar-refractivity contribution in [3.8, 4) is 11.6 Å². The van der Waals surface area contributed by atoms with Crippen molar-refractivity contribution < 1.29 is 9.53 Å². The zero-order valence-corrected chi connectivity index (χ0v) is 18.9. The lowest BCUT2D eigenvalue weighted by Crippen LogP contribution is -2.27. The van der Waals surface area contributed by atoms with Crippen LogP contribution in [-0.2, 0) is 6.61 Å². The summed E-state index contributed by atoms with van der Waals surface area (Å²) in [6.07, 6.45) is 3.27. The van der Waals surface area contributed by atoms with Crippen molar-refractivity contribution in [2.75, 3.05) is 11.9 Å². The van der Waals surface area contributed by atoms with Crippen LogP contribution in [0.5, 0.6) is 5.75 Å². The maximum atomic E-state index is 13.6. The molecule has 0 N–H and O–H groups in total. The average molecular weight is 450 g/mol.